The quantitative estimate of drug-likeness (QED) is 0.630. The Kier molecular flexibility index (Phi) is 5.17. The summed E-state index contributed by atoms with van der Waals surface area (Å²) in [7, 11) is -3.03. The first-order chi connectivity index (χ1) is 14.5. The van der Waals surface area contributed by atoms with Crippen LogP contribution in [0.3, 0.4) is 0 Å². The zero-order valence-corrected chi connectivity index (χ0v) is 17.6. The molecule has 1 unspecified atom stereocenters. The average molecular weight is 471 g/mol. The normalized spacial score (nSPS) is 20.6. The number of benzene rings is 1. The molecule has 1 aliphatic rings. The SMILES string of the molecule is C[C@H](N=C1NS(C)(=O)=Nc2c(Cl)cc(C(F)(F)F)cc21)c1ncnn1-c1cnccn1. The van der Waals surface area contributed by atoms with Crippen LogP contribution < -0.4 is 4.72 Å². The lowest BCUT2D eigenvalue weighted by Crippen LogP contribution is -2.34. The number of nitrogens with one attached hydrogen (secondary N) is 1. The Morgan fingerprint density at radius 2 is 2.03 bits per heavy atom. The fraction of sp³-hybridized carbons (Fsp3) is 0.235. The Bertz CT molecular complexity index is 1300. The molecule has 1 N–H and O–H groups in total. The third-order valence-corrected chi connectivity index (χ3v) is 5.63. The van der Waals surface area contributed by atoms with Crippen molar-refractivity contribution in [3.8, 4) is 5.82 Å². The highest BCUT2D eigenvalue weighted by atomic mass is 35.5. The van der Waals surface area contributed by atoms with Crippen LogP contribution in [0.25, 0.3) is 5.82 Å². The molecule has 1 aromatic carbocycles. The Hall–Kier alpha value is -3.06. The van der Waals surface area contributed by atoms with Gasteiger partial charge in [-0.3, -0.25) is 14.7 Å². The van der Waals surface area contributed by atoms with Gasteiger partial charge in [0.2, 0.25) is 0 Å². The second-order valence-corrected chi connectivity index (χ2v) is 8.99. The van der Waals surface area contributed by atoms with Gasteiger partial charge in [-0.25, -0.2) is 14.2 Å². The molecule has 0 spiro atoms. The number of nitrogens with zero attached hydrogens (tertiary/aromatic N) is 7. The van der Waals surface area contributed by atoms with Crippen molar-refractivity contribution in [2.24, 2.45) is 9.36 Å². The molecule has 3 heterocycles. The minimum atomic E-state index is -4.63. The first kappa shape index (κ1) is 21.2. The Morgan fingerprint density at radius 3 is 2.71 bits per heavy atom. The van der Waals surface area contributed by atoms with Gasteiger partial charge >= 0.3 is 6.18 Å². The second kappa shape index (κ2) is 7.57. The topological polar surface area (TPSA) is 110 Å². The van der Waals surface area contributed by atoms with E-state index in [1.165, 1.54) is 35.9 Å². The summed E-state index contributed by atoms with van der Waals surface area (Å²) in [6.07, 6.45) is 2.40. The van der Waals surface area contributed by atoms with E-state index < -0.39 is 27.7 Å². The molecule has 14 heteroatoms. The minimum absolute atomic E-state index is 0.0157. The monoisotopic (exact) mass is 470 g/mol. The highest BCUT2D eigenvalue weighted by Crippen LogP contribution is 2.39. The molecule has 9 nitrogen and oxygen atoms in total. The number of aliphatic imine (C=N–C) groups is 1. The van der Waals surface area contributed by atoms with Gasteiger partial charge in [-0.2, -0.15) is 27.3 Å². The fourth-order valence-corrected chi connectivity index (χ4v) is 4.35. The van der Waals surface area contributed by atoms with Crippen LogP contribution in [-0.4, -0.2) is 41.0 Å². The molecular formula is C17H14ClF3N8OS. The first-order valence-electron chi connectivity index (χ1n) is 8.70. The average Bonchev–Trinajstić information content (AvgIpc) is 3.18. The summed E-state index contributed by atoms with van der Waals surface area (Å²) in [6, 6.07) is 0.906. The van der Waals surface area contributed by atoms with E-state index in [-0.39, 0.29) is 22.1 Å². The Balaban J connectivity index is 1.83. The maximum atomic E-state index is 13.3. The number of alkyl halides is 3. The summed E-state index contributed by atoms with van der Waals surface area (Å²) in [5.41, 5.74) is -1.01. The van der Waals surface area contributed by atoms with Crippen LogP contribution >= 0.6 is 11.6 Å². The van der Waals surface area contributed by atoms with Crippen molar-refractivity contribution in [3.05, 3.63) is 59.0 Å². The van der Waals surface area contributed by atoms with Crippen molar-refractivity contribution >= 4 is 33.0 Å². The van der Waals surface area contributed by atoms with E-state index >= 15 is 0 Å². The molecule has 2 aromatic heterocycles. The Morgan fingerprint density at radius 1 is 1.26 bits per heavy atom. The molecule has 2 atom stereocenters. The predicted molar refractivity (Wildman–Crippen MR) is 108 cm³/mol. The van der Waals surface area contributed by atoms with Crippen molar-refractivity contribution in [1.82, 2.24) is 29.5 Å². The zero-order chi connectivity index (χ0) is 22.4. The van der Waals surface area contributed by atoms with Gasteiger partial charge in [-0.15, -0.1) is 0 Å². The number of rotatable bonds is 3. The zero-order valence-electron chi connectivity index (χ0n) is 16.0. The van der Waals surface area contributed by atoms with Crippen molar-refractivity contribution in [2.75, 3.05) is 6.26 Å². The van der Waals surface area contributed by atoms with E-state index in [2.05, 4.69) is 34.1 Å². The van der Waals surface area contributed by atoms with Gasteiger partial charge in [0.1, 0.15) is 33.8 Å². The summed E-state index contributed by atoms with van der Waals surface area (Å²) in [6.45, 7) is 1.66. The van der Waals surface area contributed by atoms with Crippen molar-refractivity contribution in [1.29, 1.82) is 0 Å². The number of fused-ring (bicyclic) bond motifs is 1. The van der Waals surface area contributed by atoms with Gasteiger partial charge in [-0.1, -0.05) is 11.6 Å². The van der Waals surface area contributed by atoms with Crippen molar-refractivity contribution in [2.45, 2.75) is 19.1 Å². The summed E-state index contributed by atoms with van der Waals surface area (Å²) in [5.74, 6) is 0.682. The highest BCUT2D eigenvalue weighted by Gasteiger charge is 2.34. The molecule has 4 rings (SSSR count). The second-order valence-electron chi connectivity index (χ2n) is 6.60. The lowest BCUT2D eigenvalue weighted by atomic mass is 10.1. The van der Waals surface area contributed by atoms with Gasteiger partial charge in [0, 0.05) is 24.2 Å². The fourth-order valence-electron chi connectivity index (χ4n) is 2.93. The lowest BCUT2D eigenvalue weighted by Gasteiger charge is -2.22. The predicted octanol–water partition coefficient (Wildman–Crippen LogP) is 3.48. The van der Waals surface area contributed by atoms with E-state index in [1.54, 1.807) is 6.92 Å². The summed E-state index contributed by atoms with van der Waals surface area (Å²) < 4.78 is 60.6. The molecule has 3 aromatic rings. The molecule has 1 aliphatic heterocycles. The number of hydrogen-bond donors (Lipinski definition) is 1. The van der Waals surface area contributed by atoms with Gasteiger partial charge in [0.05, 0.1) is 16.8 Å². The maximum Gasteiger partial charge on any atom is 0.416 e. The molecule has 162 valence electrons. The number of halogens is 4. The van der Waals surface area contributed by atoms with Crippen LogP contribution in [0, 0.1) is 0 Å². The van der Waals surface area contributed by atoms with E-state index in [0.717, 1.165) is 12.1 Å². The van der Waals surface area contributed by atoms with E-state index in [9.17, 15) is 17.4 Å². The largest absolute Gasteiger partial charge is 0.416 e. The molecule has 0 amide bonds. The van der Waals surface area contributed by atoms with Crippen molar-refractivity contribution in [3.63, 3.8) is 0 Å². The third-order valence-electron chi connectivity index (χ3n) is 4.23. The summed E-state index contributed by atoms with van der Waals surface area (Å²) in [5, 5.41) is 3.83. The van der Waals surface area contributed by atoms with E-state index in [0.29, 0.717) is 11.6 Å². The standard InChI is InChI=1S/C17H14ClF3N8OS/c1-9(16-24-8-25-29(16)13-7-22-3-4-23-13)26-15-11-5-10(17(19,20)21)6-12(18)14(11)27-31(2,30)28-15/h3-9H,1-2H3,(H,26,27,28,30)/t9-,31?/m0/s1. The molecular weight excluding hydrogens is 457 g/mol. The van der Waals surface area contributed by atoms with Crippen LogP contribution in [0.1, 0.15) is 29.9 Å². The summed E-state index contributed by atoms with van der Waals surface area (Å²) >= 11 is 6.04. The molecule has 31 heavy (non-hydrogen) atoms. The minimum Gasteiger partial charge on any atom is -0.283 e. The number of amidine groups is 1. The van der Waals surface area contributed by atoms with E-state index in [4.69, 9.17) is 11.6 Å². The van der Waals surface area contributed by atoms with Crippen LogP contribution in [0.2, 0.25) is 5.02 Å². The van der Waals surface area contributed by atoms with Crippen molar-refractivity contribution < 1.29 is 17.4 Å². The van der Waals surface area contributed by atoms with Gasteiger partial charge in [-0.05, 0) is 19.1 Å². The number of hydrogen-bond acceptors (Lipinski definition) is 7. The molecule has 0 aliphatic carbocycles. The van der Waals surface area contributed by atoms with Crippen LogP contribution in [0.15, 0.2) is 46.4 Å². The van der Waals surface area contributed by atoms with E-state index in [1.807, 2.05) is 0 Å². The third kappa shape index (κ3) is 4.23. The lowest BCUT2D eigenvalue weighted by molar-refractivity contribution is -0.137. The van der Waals surface area contributed by atoms with Crippen LogP contribution in [0.4, 0.5) is 18.9 Å². The first-order valence-corrected chi connectivity index (χ1v) is 11.0. The maximum absolute atomic E-state index is 13.3. The number of aromatic nitrogens is 5. The molecule has 0 radical (unpaired) electrons. The van der Waals surface area contributed by atoms with Crippen LogP contribution in [0.5, 0.6) is 0 Å². The van der Waals surface area contributed by atoms with Gasteiger partial charge < -0.3 is 0 Å². The molecule has 0 saturated carbocycles. The molecule has 0 saturated heterocycles. The van der Waals surface area contributed by atoms with Gasteiger partial charge in [0.25, 0.3) is 0 Å². The van der Waals surface area contributed by atoms with Crippen LogP contribution in [-0.2, 0) is 16.1 Å². The smallest absolute Gasteiger partial charge is 0.283 e. The molecule has 0 fully saturated rings. The van der Waals surface area contributed by atoms with Gasteiger partial charge in [0.15, 0.2) is 11.6 Å². The summed E-state index contributed by atoms with van der Waals surface area (Å²) in [4.78, 5) is 16.7. The highest BCUT2D eigenvalue weighted by molar-refractivity contribution is 7.91. The molecule has 0 bridgehead atoms. The Labute approximate surface area is 179 Å².